The molecule has 5 rings (SSSR count). The lowest BCUT2D eigenvalue weighted by atomic mass is 9.81. The largest absolute Gasteiger partial charge is 0.493 e. The summed E-state index contributed by atoms with van der Waals surface area (Å²) in [4.78, 5) is 31.2. The quantitative estimate of drug-likeness (QED) is 0.171. The van der Waals surface area contributed by atoms with E-state index in [-0.39, 0.29) is 12.1 Å². The average Bonchev–Trinajstić information content (AvgIpc) is 3.36. The van der Waals surface area contributed by atoms with Gasteiger partial charge in [-0.05, 0) is 82.4 Å². The van der Waals surface area contributed by atoms with Crippen molar-refractivity contribution in [3.05, 3.63) is 107 Å². The highest BCUT2D eigenvalue weighted by molar-refractivity contribution is 6.05. The van der Waals surface area contributed by atoms with Gasteiger partial charge < -0.3 is 15.0 Å². The van der Waals surface area contributed by atoms with Gasteiger partial charge in [0.25, 0.3) is 11.8 Å². The molecule has 0 saturated carbocycles. The van der Waals surface area contributed by atoms with Gasteiger partial charge in [-0.25, -0.2) is 9.07 Å². The Morgan fingerprint density at radius 1 is 1.04 bits per heavy atom. The second-order valence-corrected chi connectivity index (χ2v) is 11.4. The molecule has 4 aromatic rings. The molecule has 46 heavy (non-hydrogen) atoms. The first-order chi connectivity index (χ1) is 21.9. The fraction of sp³-hybridized carbons (Fsp3) is 0.324. The molecule has 0 aliphatic carbocycles. The molecule has 242 valence electrons. The van der Waals surface area contributed by atoms with Gasteiger partial charge in [0, 0.05) is 36.2 Å². The van der Waals surface area contributed by atoms with E-state index in [1.807, 2.05) is 38.4 Å². The van der Waals surface area contributed by atoms with Gasteiger partial charge in [0.15, 0.2) is 0 Å². The van der Waals surface area contributed by atoms with Gasteiger partial charge in [-0.15, -0.1) is 0 Å². The van der Waals surface area contributed by atoms with Gasteiger partial charge in [0.1, 0.15) is 23.4 Å². The number of likely N-dealkylation sites (N-methyl/N-ethyl adjacent to an activating group) is 1. The van der Waals surface area contributed by atoms with Crippen molar-refractivity contribution in [1.29, 1.82) is 0 Å². The molecule has 1 aliphatic heterocycles. The monoisotopic (exact) mass is 637 g/mol. The van der Waals surface area contributed by atoms with E-state index in [1.165, 1.54) is 35.2 Å². The van der Waals surface area contributed by atoms with Crippen molar-refractivity contribution >= 4 is 17.6 Å². The minimum atomic E-state index is -4.65. The summed E-state index contributed by atoms with van der Waals surface area (Å²) in [6.45, 7) is 5.15. The number of carbonyl (C=O) groups is 2. The van der Waals surface area contributed by atoms with E-state index >= 15 is 0 Å². The zero-order chi connectivity index (χ0) is 33.2. The van der Waals surface area contributed by atoms with Crippen LogP contribution in [0.5, 0.6) is 5.75 Å². The molecular formula is C34H35F4N5O3. The van der Waals surface area contributed by atoms with Crippen LogP contribution >= 0.6 is 0 Å². The van der Waals surface area contributed by atoms with Crippen molar-refractivity contribution in [1.82, 2.24) is 20.0 Å². The van der Waals surface area contributed by atoms with E-state index in [1.54, 1.807) is 18.5 Å². The molecule has 12 heteroatoms. The van der Waals surface area contributed by atoms with Gasteiger partial charge in [-0.2, -0.15) is 18.3 Å². The molecule has 0 fully saturated rings. The molecule has 2 amide bonds. The van der Waals surface area contributed by atoms with Crippen molar-refractivity contribution in [2.45, 2.75) is 38.4 Å². The number of anilines is 1. The standard InChI is InChI=1S/C34H35F4N5O3/c1-5-42-32-28(21(2)40-43(32)26-11-7-12-27(20-26)46-18-8-17-41(3)4)29(22-13-15-25(35)16-14-22)30(33(42)45)39-31(44)23-9-6-10-24(19-23)34(36,37)38/h6-7,9-16,19-20,29-30H,5,8,17-18H2,1-4H3,(H,39,44)/t29-,30-/m0/s1. The summed E-state index contributed by atoms with van der Waals surface area (Å²) >= 11 is 0. The summed E-state index contributed by atoms with van der Waals surface area (Å²) in [6, 6.07) is 15.7. The topological polar surface area (TPSA) is 79.7 Å². The molecule has 1 N–H and O–H groups in total. The van der Waals surface area contributed by atoms with Crippen LogP contribution < -0.4 is 15.0 Å². The Hall–Kier alpha value is -4.71. The predicted octanol–water partition coefficient (Wildman–Crippen LogP) is 5.97. The number of benzene rings is 3. The Balaban J connectivity index is 1.57. The van der Waals surface area contributed by atoms with Crippen molar-refractivity contribution in [2.75, 3.05) is 38.7 Å². The Morgan fingerprint density at radius 3 is 2.43 bits per heavy atom. The number of ether oxygens (including phenoxy) is 1. The van der Waals surface area contributed by atoms with Gasteiger partial charge in [0.05, 0.1) is 23.6 Å². The average molecular weight is 638 g/mol. The molecule has 2 atom stereocenters. The van der Waals surface area contributed by atoms with E-state index in [4.69, 9.17) is 9.84 Å². The van der Waals surface area contributed by atoms with Crippen LogP contribution in [0.3, 0.4) is 0 Å². The molecule has 0 spiro atoms. The van der Waals surface area contributed by atoms with Gasteiger partial charge in [-0.1, -0.05) is 24.3 Å². The number of halogens is 4. The fourth-order valence-corrected chi connectivity index (χ4v) is 5.73. The molecular weight excluding hydrogens is 602 g/mol. The lowest BCUT2D eigenvalue weighted by Gasteiger charge is -2.38. The first-order valence-corrected chi connectivity index (χ1v) is 14.9. The number of nitrogens with one attached hydrogen (secondary N) is 1. The molecule has 1 aliphatic rings. The van der Waals surface area contributed by atoms with Crippen LogP contribution in [-0.4, -0.2) is 66.3 Å². The Labute approximate surface area is 264 Å². The Kier molecular flexibility index (Phi) is 9.47. The van der Waals surface area contributed by atoms with Crippen LogP contribution in [0.15, 0.2) is 72.8 Å². The van der Waals surface area contributed by atoms with Crippen LogP contribution in [0.4, 0.5) is 23.4 Å². The molecule has 0 radical (unpaired) electrons. The smallest absolute Gasteiger partial charge is 0.416 e. The lowest BCUT2D eigenvalue weighted by molar-refractivity contribution is -0.137. The van der Waals surface area contributed by atoms with E-state index in [9.17, 15) is 27.2 Å². The van der Waals surface area contributed by atoms with Crippen molar-refractivity contribution in [2.24, 2.45) is 0 Å². The summed E-state index contributed by atoms with van der Waals surface area (Å²) in [5.41, 5.74) is 1.13. The predicted molar refractivity (Wildman–Crippen MR) is 166 cm³/mol. The Morgan fingerprint density at radius 2 is 1.76 bits per heavy atom. The minimum absolute atomic E-state index is 0.212. The molecule has 0 unspecified atom stereocenters. The highest BCUT2D eigenvalue weighted by Crippen LogP contribution is 2.43. The Bertz CT molecular complexity index is 1720. The maximum atomic E-state index is 14.2. The van der Waals surface area contributed by atoms with Crippen molar-refractivity contribution < 1.29 is 31.9 Å². The van der Waals surface area contributed by atoms with Crippen molar-refractivity contribution in [3.63, 3.8) is 0 Å². The number of rotatable bonds is 10. The highest BCUT2D eigenvalue weighted by Gasteiger charge is 2.45. The molecule has 2 heterocycles. The summed E-state index contributed by atoms with van der Waals surface area (Å²) < 4.78 is 61.9. The van der Waals surface area contributed by atoms with Crippen LogP contribution in [-0.2, 0) is 11.0 Å². The number of carbonyl (C=O) groups excluding carboxylic acids is 2. The zero-order valence-corrected chi connectivity index (χ0v) is 25.9. The molecule has 3 aromatic carbocycles. The summed E-state index contributed by atoms with van der Waals surface area (Å²) in [5, 5.41) is 7.51. The number of aromatic nitrogens is 2. The molecule has 1 aromatic heterocycles. The highest BCUT2D eigenvalue weighted by atomic mass is 19.4. The summed E-state index contributed by atoms with van der Waals surface area (Å²) in [5.74, 6) is -1.53. The van der Waals surface area contributed by atoms with Gasteiger partial charge in [0.2, 0.25) is 0 Å². The van der Waals surface area contributed by atoms with E-state index in [2.05, 4.69) is 10.2 Å². The maximum Gasteiger partial charge on any atom is 0.416 e. The summed E-state index contributed by atoms with van der Waals surface area (Å²) in [6.07, 6.45) is -3.82. The number of aryl methyl sites for hydroxylation is 1. The zero-order valence-electron chi connectivity index (χ0n) is 25.9. The minimum Gasteiger partial charge on any atom is -0.493 e. The molecule has 0 saturated heterocycles. The number of nitrogens with zero attached hydrogens (tertiary/aromatic N) is 4. The van der Waals surface area contributed by atoms with Crippen LogP contribution in [0.2, 0.25) is 0 Å². The first kappa shape index (κ1) is 32.7. The SMILES string of the molecule is CCN1C(=O)[C@@H](NC(=O)c2cccc(C(F)(F)F)c2)[C@@H](c2ccc(F)cc2)c2c(C)nn(-c3cccc(OCCCN(C)C)c3)c21. The number of fused-ring (bicyclic) bond motifs is 1. The molecule has 8 nitrogen and oxygen atoms in total. The van der Waals surface area contributed by atoms with Crippen LogP contribution in [0.25, 0.3) is 5.69 Å². The molecule has 0 bridgehead atoms. The second-order valence-electron chi connectivity index (χ2n) is 11.4. The van der Waals surface area contributed by atoms with Gasteiger partial charge >= 0.3 is 6.18 Å². The third-order valence-corrected chi connectivity index (χ3v) is 7.88. The summed E-state index contributed by atoms with van der Waals surface area (Å²) in [7, 11) is 3.98. The maximum absolute atomic E-state index is 14.2. The first-order valence-electron chi connectivity index (χ1n) is 14.9. The number of alkyl halides is 3. The van der Waals surface area contributed by atoms with E-state index in [0.29, 0.717) is 40.7 Å². The third kappa shape index (κ3) is 6.76. The van der Waals surface area contributed by atoms with Crippen LogP contribution in [0.1, 0.15) is 52.0 Å². The van der Waals surface area contributed by atoms with Gasteiger partial charge in [-0.3, -0.25) is 14.5 Å². The number of hydrogen-bond acceptors (Lipinski definition) is 5. The number of hydrogen-bond donors (Lipinski definition) is 1. The van der Waals surface area contributed by atoms with E-state index in [0.717, 1.165) is 31.2 Å². The normalized spacial score (nSPS) is 16.5. The lowest BCUT2D eigenvalue weighted by Crippen LogP contribution is -2.55. The number of amides is 2. The van der Waals surface area contributed by atoms with Crippen molar-refractivity contribution in [3.8, 4) is 11.4 Å². The third-order valence-electron chi connectivity index (χ3n) is 7.88. The van der Waals surface area contributed by atoms with E-state index < -0.39 is 41.3 Å². The second kappa shape index (κ2) is 13.3. The fourth-order valence-electron chi connectivity index (χ4n) is 5.73. The van der Waals surface area contributed by atoms with Crippen LogP contribution in [0, 0.1) is 12.7 Å².